The number of benzene rings is 8. The number of fused-ring (bicyclic) bond motifs is 10. The summed E-state index contributed by atoms with van der Waals surface area (Å²) < 4.78 is 2.33. The van der Waals surface area contributed by atoms with E-state index in [1.165, 1.54) is 141 Å². The van der Waals surface area contributed by atoms with E-state index in [9.17, 15) is 0 Å². The summed E-state index contributed by atoms with van der Waals surface area (Å²) >= 11 is 10.9. The van der Waals surface area contributed by atoms with Gasteiger partial charge in [-0.2, -0.15) is 0 Å². The molecule has 8 aromatic rings. The van der Waals surface area contributed by atoms with Crippen molar-refractivity contribution in [3.63, 3.8) is 0 Å². The second kappa shape index (κ2) is 26.7. The predicted octanol–water partition coefficient (Wildman–Crippen LogP) is 21.3. The molecule has 0 N–H and O–H groups in total. The number of rotatable bonds is 10. The van der Waals surface area contributed by atoms with Crippen molar-refractivity contribution < 1.29 is 0 Å². The van der Waals surface area contributed by atoms with Crippen molar-refractivity contribution in [2.45, 2.75) is 136 Å². The molecule has 0 heterocycles. The summed E-state index contributed by atoms with van der Waals surface area (Å²) in [4.78, 5) is 2.54. The predicted molar refractivity (Wildman–Crippen MR) is 323 cm³/mol. The zero-order valence-corrected chi connectivity index (χ0v) is 46.3. The SMILES string of the molecule is C.C.C#CCCCCCC.CCCCCCC#Cc1cc2ccc3c4cc(C)c(C#C[Si](C)(C)C)cc4ccc3c2cc1SC.CSc1cc2c(ccc3c4cc(C)c(Br)cc4ccc23)cc1Br. The lowest BCUT2D eigenvalue weighted by molar-refractivity contribution is 0.679. The van der Waals surface area contributed by atoms with Crippen LogP contribution in [0.4, 0.5) is 0 Å². The first-order valence-corrected chi connectivity index (χ1v) is 31.1. The summed E-state index contributed by atoms with van der Waals surface area (Å²) in [5, 5.41) is 15.6. The van der Waals surface area contributed by atoms with Crippen LogP contribution in [0, 0.1) is 49.5 Å². The molecule has 0 aromatic heterocycles. The van der Waals surface area contributed by atoms with Crippen LogP contribution in [0.2, 0.25) is 19.6 Å². The third-order valence-electron chi connectivity index (χ3n) is 12.0. The number of terminal acetylenes is 1. The van der Waals surface area contributed by atoms with E-state index < -0.39 is 8.07 Å². The van der Waals surface area contributed by atoms with Gasteiger partial charge in [-0.05, 0) is 179 Å². The third-order valence-corrected chi connectivity index (χ3v) is 16.2. The van der Waals surface area contributed by atoms with E-state index in [0.29, 0.717) is 0 Å². The minimum absolute atomic E-state index is 0. The van der Waals surface area contributed by atoms with Gasteiger partial charge in [0.15, 0.2) is 0 Å². The van der Waals surface area contributed by atoms with Crippen LogP contribution < -0.4 is 0 Å². The van der Waals surface area contributed by atoms with Crippen LogP contribution in [0.5, 0.6) is 0 Å². The Bertz CT molecular complexity index is 3200. The van der Waals surface area contributed by atoms with Crippen LogP contribution in [-0.2, 0) is 0 Å². The quantitative estimate of drug-likeness (QED) is 0.0440. The Hall–Kier alpha value is -4.12. The van der Waals surface area contributed by atoms with Gasteiger partial charge in [-0.3, -0.25) is 0 Å². The second-order valence-corrected chi connectivity index (χ2v) is 26.4. The number of unbranched alkanes of at least 4 members (excludes halogenated alkanes) is 8. The lowest BCUT2D eigenvalue weighted by Crippen LogP contribution is -2.16. The molecule has 8 aromatic carbocycles. The number of halogens is 2. The van der Waals surface area contributed by atoms with Gasteiger partial charge in [0.1, 0.15) is 8.07 Å². The van der Waals surface area contributed by atoms with Gasteiger partial charge < -0.3 is 0 Å². The highest BCUT2D eigenvalue weighted by Gasteiger charge is 2.13. The molecule has 0 atom stereocenters. The fraction of sp³-hybridized carbons (Fsp3) is 0.333. The van der Waals surface area contributed by atoms with E-state index in [4.69, 9.17) is 6.42 Å². The number of thioether (sulfide) groups is 2. The summed E-state index contributed by atoms with van der Waals surface area (Å²) in [6.45, 7) is 15.7. The molecule has 0 radical (unpaired) electrons. The zero-order valence-electron chi connectivity index (χ0n) is 40.5. The maximum Gasteiger partial charge on any atom is 0.129 e. The normalized spacial score (nSPS) is 10.8. The molecule has 0 aliphatic heterocycles. The summed E-state index contributed by atoms with van der Waals surface area (Å²) in [5.41, 5.74) is 8.36. The maximum absolute atomic E-state index is 5.06. The van der Waals surface area contributed by atoms with Crippen LogP contribution >= 0.6 is 55.4 Å². The standard InChI is InChI=1S/C33H36SSi.C20H14Br2S.C8H14.2CH4/c1-7-8-9-10-11-12-13-28-22-27-15-16-29-30(32(27)23-33(28)34-3)17-14-26-21-25(18-19-35(4,5)6)24(2)20-31(26)29;1-11-7-16-12(8-18(11)21)3-6-15-14(16)5-4-13-9-19(22)20(23-2)10-17(13)15;1-3-5-7-8-6-4-2;;/h14-17,20-23H,7-11H2,1-6H3;3-10H,1-2H3;1H,4-8H2,2H3;2*1H4. The Morgan fingerprint density at radius 1 is 0.485 bits per heavy atom. The minimum Gasteiger partial charge on any atom is -0.128 e. The zero-order chi connectivity index (χ0) is 47.4. The van der Waals surface area contributed by atoms with E-state index in [0.717, 1.165) is 28.4 Å². The first-order valence-electron chi connectivity index (χ1n) is 23.5. The van der Waals surface area contributed by atoms with Crippen molar-refractivity contribution in [2.75, 3.05) is 12.5 Å². The monoisotopic (exact) mass is 1080 g/mol. The molecule has 0 nitrogen and oxygen atoms in total. The summed E-state index contributed by atoms with van der Waals surface area (Å²) in [5.74, 6) is 13.0. The van der Waals surface area contributed by atoms with E-state index in [1.807, 2.05) is 0 Å². The van der Waals surface area contributed by atoms with Gasteiger partial charge in [-0.15, -0.1) is 41.4 Å². The molecule has 0 fully saturated rings. The molecule has 8 rings (SSSR count). The fourth-order valence-electron chi connectivity index (χ4n) is 8.33. The highest BCUT2D eigenvalue weighted by molar-refractivity contribution is 9.10. The Morgan fingerprint density at radius 3 is 1.41 bits per heavy atom. The van der Waals surface area contributed by atoms with E-state index in [1.54, 1.807) is 23.5 Å². The van der Waals surface area contributed by atoms with E-state index in [2.05, 4.69) is 218 Å². The highest BCUT2D eigenvalue weighted by Crippen LogP contribution is 2.39. The molecule has 0 saturated carbocycles. The number of aryl methyl sites for hydroxylation is 2. The molecule has 5 heteroatoms. The lowest BCUT2D eigenvalue weighted by atomic mass is 9.94. The van der Waals surface area contributed by atoms with Crippen LogP contribution in [0.3, 0.4) is 0 Å². The van der Waals surface area contributed by atoms with E-state index in [-0.39, 0.29) is 14.9 Å². The van der Waals surface area contributed by atoms with Crippen molar-refractivity contribution in [2.24, 2.45) is 0 Å². The maximum atomic E-state index is 5.06. The topological polar surface area (TPSA) is 0 Å². The average Bonchev–Trinajstić information content (AvgIpc) is 3.30. The van der Waals surface area contributed by atoms with Crippen molar-refractivity contribution in [3.8, 4) is 35.6 Å². The molecule has 68 heavy (non-hydrogen) atoms. The minimum atomic E-state index is -1.41. The molecular formula is C63H72Br2S2Si. The molecule has 0 spiro atoms. The third kappa shape index (κ3) is 14.2. The summed E-state index contributed by atoms with van der Waals surface area (Å²) in [6, 6.07) is 36.3. The van der Waals surface area contributed by atoms with Crippen molar-refractivity contribution >= 4 is 128 Å². The Balaban J connectivity index is 0.000000262. The van der Waals surface area contributed by atoms with Gasteiger partial charge in [0.05, 0.1) is 0 Å². The fourth-order valence-corrected chi connectivity index (χ4v) is 11.1. The molecule has 0 saturated heterocycles. The highest BCUT2D eigenvalue weighted by atomic mass is 79.9. The molecule has 354 valence electrons. The van der Waals surface area contributed by atoms with Gasteiger partial charge in [-0.1, -0.05) is 169 Å². The van der Waals surface area contributed by atoms with Gasteiger partial charge in [0, 0.05) is 42.7 Å². The largest absolute Gasteiger partial charge is 0.129 e. The van der Waals surface area contributed by atoms with E-state index >= 15 is 0 Å². The lowest BCUT2D eigenvalue weighted by Gasteiger charge is -2.12. The Kier molecular flexibility index (Phi) is 22.2. The molecule has 0 bridgehead atoms. The van der Waals surface area contributed by atoms with Crippen LogP contribution in [0.15, 0.2) is 116 Å². The molecule has 0 unspecified atom stereocenters. The molecule has 0 aliphatic carbocycles. The van der Waals surface area contributed by atoms with Crippen molar-refractivity contribution in [3.05, 3.63) is 128 Å². The molecule has 0 aliphatic rings. The first-order chi connectivity index (χ1) is 31.8. The van der Waals surface area contributed by atoms with Crippen molar-refractivity contribution in [1.29, 1.82) is 0 Å². The summed E-state index contributed by atoms with van der Waals surface area (Å²) in [6.07, 6.45) is 21.5. The van der Waals surface area contributed by atoms with Gasteiger partial charge in [0.2, 0.25) is 0 Å². The molecular weight excluding hydrogens is 1010 g/mol. The van der Waals surface area contributed by atoms with Crippen LogP contribution in [0.1, 0.15) is 115 Å². The van der Waals surface area contributed by atoms with Gasteiger partial charge >= 0.3 is 0 Å². The Morgan fingerprint density at radius 2 is 0.926 bits per heavy atom. The first kappa shape index (κ1) is 56.5. The summed E-state index contributed by atoms with van der Waals surface area (Å²) in [7, 11) is -1.41. The van der Waals surface area contributed by atoms with Crippen molar-refractivity contribution in [1.82, 2.24) is 0 Å². The van der Waals surface area contributed by atoms with Crippen LogP contribution in [-0.4, -0.2) is 20.6 Å². The van der Waals surface area contributed by atoms with Gasteiger partial charge in [-0.25, -0.2) is 0 Å². The molecule has 0 amide bonds. The van der Waals surface area contributed by atoms with Gasteiger partial charge in [0.25, 0.3) is 0 Å². The van der Waals surface area contributed by atoms with Crippen LogP contribution in [0.25, 0.3) is 64.6 Å². The second-order valence-electron chi connectivity index (χ2n) is 18.3. The number of hydrogen-bond donors (Lipinski definition) is 0. The average molecular weight is 1080 g/mol. The number of hydrogen-bond acceptors (Lipinski definition) is 2. The Labute approximate surface area is 437 Å². The smallest absolute Gasteiger partial charge is 0.128 e.